The van der Waals surface area contributed by atoms with Gasteiger partial charge in [-0.3, -0.25) is 4.90 Å². The monoisotopic (exact) mass is 403 g/mol. The highest BCUT2D eigenvalue weighted by Crippen LogP contribution is 2.34. The van der Waals surface area contributed by atoms with E-state index >= 15 is 0 Å². The zero-order valence-corrected chi connectivity index (χ0v) is 16.5. The standard InChI is InChI=1S/C25H23F2N3/c26-19-9-5-17(6-10-19)24-15-28-13-14-30(24)16-22-21-3-1-2-4-23(21)29-25(22)18-7-11-20(27)12-8-18/h1-12,24,28-29H,13-16H2. The first-order valence-corrected chi connectivity index (χ1v) is 10.2. The minimum absolute atomic E-state index is 0.161. The average molecular weight is 403 g/mol. The van der Waals surface area contributed by atoms with E-state index in [0.717, 1.165) is 48.5 Å². The lowest BCUT2D eigenvalue weighted by Crippen LogP contribution is -2.45. The second-order valence-electron chi connectivity index (χ2n) is 7.77. The largest absolute Gasteiger partial charge is 0.354 e. The van der Waals surface area contributed by atoms with Crippen LogP contribution in [0.25, 0.3) is 22.2 Å². The molecule has 5 rings (SSSR count). The summed E-state index contributed by atoms with van der Waals surface area (Å²) in [5.41, 5.74) is 5.36. The van der Waals surface area contributed by atoms with Crippen LogP contribution in [0.5, 0.6) is 0 Å². The Hall–Kier alpha value is -3.02. The van der Waals surface area contributed by atoms with Crippen molar-refractivity contribution in [2.24, 2.45) is 0 Å². The highest BCUT2D eigenvalue weighted by molar-refractivity contribution is 5.90. The lowest BCUT2D eigenvalue weighted by Gasteiger charge is -2.36. The summed E-state index contributed by atoms with van der Waals surface area (Å²) in [6, 6.07) is 21.8. The van der Waals surface area contributed by atoms with E-state index in [1.807, 2.05) is 36.4 Å². The highest BCUT2D eigenvalue weighted by Gasteiger charge is 2.26. The summed E-state index contributed by atoms with van der Waals surface area (Å²) in [5, 5.41) is 4.64. The van der Waals surface area contributed by atoms with Crippen molar-refractivity contribution in [1.82, 2.24) is 15.2 Å². The number of piperazine rings is 1. The van der Waals surface area contributed by atoms with Gasteiger partial charge in [-0.15, -0.1) is 0 Å². The zero-order chi connectivity index (χ0) is 20.5. The number of aromatic amines is 1. The summed E-state index contributed by atoms with van der Waals surface area (Å²) in [5.74, 6) is -0.459. The third kappa shape index (κ3) is 3.62. The molecule has 2 N–H and O–H groups in total. The van der Waals surface area contributed by atoms with E-state index < -0.39 is 0 Å². The minimum atomic E-state index is -0.241. The van der Waals surface area contributed by atoms with Crippen LogP contribution in [-0.4, -0.2) is 29.5 Å². The van der Waals surface area contributed by atoms with Crippen LogP contribution in [0.2, 0.25) is 0 Å². The van der Waals surface area contributed by atoms with Crippen molar-refractivity contribution in [1.29, 1.82) is 0 Å². The van der Waals surface area contributed by atoms with Crippen molar-refractivity contribution < 1.29 is 8.78 Å². The van der Waals surface area contributed by atoms with Gasteiger partial charge in [0.05, 0.1) is 5.69 Å². The molecule has 0 radical (unpaired) electrons. The van der Waals surface area contributed by atoms with Gasteiger partial charge in [-0.2, -0.15) is 0 Å². The first-order chi connectivity index (χ1) is 14.7. The number of hydrogen-bond acceptors (Lipinski definition) is 2. The van der Waals surface area contributed by atoms with Gasteiger partial charge in [-0.25, -0.2) is 8.78 Å². The van der Waals surface area contributed by atoms with Crippen molar-refractivity contribution in [3.8, 4) is 11.3 Å². The number of nitrogens with one attached hydrogen (secondary N) is 2. The van der Waals surface area contributed by atoms with Crippen LogP contribution in [0.1, 0.15) is 17.2 Å². The summed E-state index contributed by atoms with van der Waals surface area (Å²) < 4.78 is 26.9. The molecule has 5 heteroatoms. The number of halogens is 2. The van der Waals surface area contributed by atoms with Crippen molar-refractivity contribution in [2.75, 3.05) is 19.6 Å². The van der Waals surface area contributed by atoms with Crippen molar-refractivity contribution in [3.63, 3.8) is 0 Å². The van der Waals surface area contributed by atoms with Gasteiger partial charge >= 0.3 is 0 Å². The summed E-state index contributed by atoms with van der Waals surface area (Å²) in [7, 11) is 0. The van der Waals surface area contributed by atoms with Gasteiger partial charge in [-0.1, -0.05) is 30.3 Å². The Kier molecular flexibility index (Phi) is 5.07. The zero-order valence-electron chi connectivity index (χ0n) is 16.5. The Labute approximate surface area is 174 Å². The van der Waals surface area contributed by atoms with Crippen molar-refractivity contribution in [2.45, 2.75) is 12.6 Å². The molecular weight excluding hydrogens is 380 g/mol. The summed E-state index contributed by atoms with van der Waals surface area (Å²) in [6.45, 7) is 3.37. The van der Waals surface area contributed by atoms with Gasteiger partial charge in [0.15, 0.2) is 0 Å². The summed E-state index contributed by atoms with van der Waals surface area (Å²) in [4.78, 5) is 5.97. The van der Waals surface area contributed by atoms with E-state index in [4.69, 9.17) is 0 Å². The fraction of sp³-hybridized carbons (Fsp3) is 0.200. The molecule has 0 aliphatic carbocycles. The molecule has 1 unspecified atom stereocenters. The molecule has 1 aliphatic heterocycles. The lowest BCUT2D eigenvalue weighted by atomic mass is 10.00. The first-order valence-electron chi connectivity index (χ1n) is 10.2. The molecule has 1 atom stereocenters. The highest BCUT2D eigenvalue weighted by atomic mass is 19.1. The Morgan fingerprint density at radius 3 is 2.33 bits per heavy atom. The van der Waals surface area contributed by atoms with Crippen LogP contribution >= 0.6 is 0 Å². The molecule has 2 heterocycles. The SMILES string of the molecule is Fc1ccc(-c2[nH]c3ccccc3c2CN2CCNCC2c2ccc(F)cc2)cc1. The number of fused-ring (bicyclic) bond motifs is 1. The molecule has 1 aromatic heterocycles. The van der Waals surface area contributed by atoms with Gasteiger partial charge < -0.3 is 10.3 Å². The van der Waals surface area contributed by atoms with E-state index in [9.17, 15) is 8.78 Å². The molecule has 0 saturated carbocycles. The van der Waals surface area contributed by atoms with Gasteiger partial charge in [0.1, 0.15) is 11.6 Å². The molecule has 4 aromatic rings. The van der Waals surface area contributed by atoms with Crippen molar-refractivity contribution in [3.05, 3.63) is 95.6 Å². The molecule has 1 saturated heterocycles. The maximum absolute atomic E-state index is 13.5. The number of benzene rings is 3. The van der Waals surface area contributed by atoms with E-state index in [1.54, 1.807) is 0 Å². The normalized spacial score (nSPS) is 17.5. The fourth-order valence-electron chi connectivity index (χ4n) is 4.38. The smallest absolute Gasteiger partial charge is 0.123 e. The van der Waals surface area contributed by atoms with E-state index in [2.05, 4.69) is 27.3 Å². The predicted octanol–water partition coefficient (Wildman–Crippen LogP) is 5.26. The molecule has 1 fully saturated rings. The molecule has 0 bridgehead atoms. The second kappa shape index (κ2) is 8.01. The second-order valence-corrected chi connectivity index (χ2v) is 7.77. The number of nitrogens with zero attached hydrogens (tertiary/aromatic N) is 1. The van der Waals surface area contributed by atoms with Gasteiger partial charge in [0.2, 0.25) is 0 Å². The lowest BCUT2D eigenvalue weighted by molar-refractivity contribution is 0.154. The van der Waals surface area contributed by atoms with Crippen LogP contribution in [0, 0.1) is 11.6 Å². The van der Waals surface area contributed by atoms with E-state index in [-0.39, 0.29) is 17.7 Å². The average Bonchev–Trinajstić information content (AvgIpc) is 3.14. The summed E-state index contributed by atoms with van der Waals surface area (Å²) >= 11 is 0. The Balaban J connectivity index is 1.55. The van der Waals surface area contributed by atoms with Gasteiger partial charge in [0.25, 0.3) is 0 Å². The summed E-state index contributed by atoms with van der Waals surface area (Å²) in [6.07, 6.45) is 0. The molecule has 3 aromatic carbocycles. The van der Waals surface area contributed by atoms with Crippen LogP contribution in [0.3, 0.4) is 0 Å². The van der Waals surface area contributed by atoms with E-state index in [1.165, 1.54) is 35.2 Å². The molecular formula is C25H23F2N3. The van der Waals surface area contributed by atoms with Gasteiger partial charge in [0, 0.05) is 43.1 Å². The molecule has 3 nitrogen and oxygen atoms in total. The quantitative estimate of drug-likeness (QED) is 0.487. The molecule has 0 amide bonds. The number of hydrogen-bond donors (Lipinski definition) is 2. The van der Waals surface area contributed by atoms with Gasteiger partial charge in [-0.05, 0) is 59.2 Å². The number of para-hydroxylation sites is 1. The minimum Gasteiger partial charge on any atom is -0.354 e. The first kappa shape index (κ1) is 19.0. The third-order valence-electron chi connectivity index (χ3n) is 5.92. The maximum Gasteiger partial charge on any atom is 0.123 e. The van der Waals surface area contributed by atoms with Crippen LogP contribution < -0.4 is 5.32 Å². The molecule has 152 valence electrons. The fourth-order valence-corrected chi connectivity index (χ4v) is 4.38. The van der Waals surface area contributed by atoms with Crippen molar-refractivity contribution >= 4 is 10.9 Å². The predicted molar refractivity (Wildman–Crippen MR) is 116 cm³/mol. The Morgan fingerprint density at radius 1 is 0.867 bits per heavy atom. The van der Waals surface area contributed by atoms with Crippen LogP contribution in [0.15, 0.2) is 72.8 Å². The number of aromatic nitrogens is 1. The number of rotatable bonds is 4. The van der Waals surface area contributed by atoms with E-state index in [0.29, 0.717) is 0 Å². The number of H-pyrrole nitrogens is 1. The van der Waals surface area contributed by atoms with Crippen LogP contribution in [-0.2, 0) is 6.54 Å². The third-order valence-corrected chi connectivity index (χ3v) is 5.92. The molecule has 1 aliphatic rings. The topological polar surface area (TPSA) is 31.1 Å². The Morgan fingerprint density at radius 2 is 1.57 bits per heavy atom. The Bertz CT molecular complexity index is 1150. The van der Waals surface area contributed by atoms with Crippen LogP contribution in [0.4, 0.5) is 8.78 Å². The molecule has 30 heavy (non-hydrogen) atoms. The molecule has 0 spiro atoms. The maximum atomic E-state index is 13.5.